The number of aliphatic hydroxyl groups is 1. The molecule has 0 aromatic heterocycles. The van der Waals surface area contributed by atoms with Gasteiger partial charge in [-0.05, 0) is 35.4 Å². The van der Waals surface area contributed by atoms with Crippen LogP contribution in [0.1, 0.15) is 11.1 Å². The van der Waals surface area contributed by atoms with Crippen LogP contribution in [0.5, 0.6) is 0 Å². The summed E-state index contributed by atoms with van der Waals surface area (Å²) >= 11 is 18.1. The lowest BCUT2D eigenvalue weighted by Crippen LogP contribution is -2.15. The zero-order valence-corrected chi connectivity index (χ0v) is 12.7. The van der Waals surface area contributed by atoms with Gasteiger partial charge in [0.05, 0.1) is 6.10 Å². The largest absolute Gasteiger partial charge is 0.392 e. The Labute approximate surface area is 131 Å². The second-order valence-electron chi connectivity index (χ2n) is 4.50. The Morgan fingerprint density at radius 3 is 2.20 bits per heavy atom. The zero-order valence-electron chi connectivity index (χ0n) is 10.4. The molecule has 2 rings (SSSR count). The predicted octanol–water partition coefficient (Wildman–Crippen LogP) is 4.93. The van der Waals surface area contributed by atoms with Gasteiger partial charge in [0.25, 0.3) is 0 Å². The van der Waals surface area contributed by atoms with Crippen LogP contribution < -0.4 is 0 Å². The van der Waals surface area contributed by atoms with Gasteiger partial charge in [0.1, 0.15) is 5.82 Å². The highest BCUT2D eigenvalue weighted by Gasteiger charge is 2.14. The number of hydrogen-bond acceptors (Lipinski definition) is 1. The van der Waals surface area contributed by atoms with Crippen molar-refractivity contribution in [3.8, 4) is 0 Å². The molecule has 0 aliphatic rings. The van der Waals surface area contributed by atoms with E-state index in [1.807, 2.05) is 0 Å². The highest BCUT2D eigenvalue weighted by Crippen LogP contribution is 2.27. The minimum atomic E-state index is -0.699. The number of benzene rings is 2. The Bertz CT molecular complexity index is 596. The van der Waals surface area contributed by atoms with Gasteiger partial charge in [0, 0.05) is 27.9 Å². The van der Waals surface area contributed by atoms with E-state index in [2.05, 4.69) is 0 Å². The average molecular weight is 334 g/mol. The topological polar surface area (TPSA) is 20.2 Å². The van der Waals surface area contributed by atoms with Gasteiger partial charge in [-0.1, -0.05) is 46.9 Å². The molecule has 2 aromatic rings. The van der Waals surface area contributed by atoms with Crippen LogP contribution in [0.3, 0.4) is 0 Å². The van der Waals surface area contributed by atoms with E-state index in [0.29, 0.717) is 39.0 Å². The van der Waals surface area contributed by atoms with Crippen LogP contribution in [-0.4, -0.2) is 11.2 Å². The highest BCUT2D eigenvalue weighted by molar-refractivity contribution is 6.36. The Balaban J connectivity index is 2.11. The van der Waals surface area contributed by atoms with Crippen LogP contribution in [-0.2, 0) is 12.8 Å². The third-order valence-electron chi connectivity index (χ3n) is 2.97. The Hall–Kier alpha value is -0.800. The van der Waals surface area contributed by atoms with Gasteiger partial charge in [0.15, 0.2) is 0 Å². The molecule has 0 aliphatic carbocycles. The zero-order chi connectivity index (χ0) is 14.7. The molecular weight excluding hydrogens is 322 g/mol. The van der Waals surface area contributed by atoms with Crippen LogP contribution in [0.4, 0.5) is 4.39 Å². The van der Waals surface area contributed by atoms with Crippen molar-refractivity contribution < 1.29 is 9.50 Å². The van der Waals surface area contributed by atoms with Gasteiger partial charge in [-0.3, -0.25) is 0 Å². The quantitative estimate of drug-likeness (QED) is 0.841. The van der Waals surface area contributed by atoms with Gasteiger partial charge >= 0.3 is 0 Å². The summed E-state index contributed by atoms with van der Waals surface area (Å²) < 4.78 is 13.0. The maximum absolute atomic E-state index is 13.0. The number of rotatable bonds is 4. The SMILES string of the molecule is OC(Cc1ccc(F)cc1Cl)Cc1c(Cl)cccc1Cl. The Kier molecular flexibility index (Phi) is 5.28. The molecule has 0 saturated carbocycles. The Morgan fingerprint density at radius 2 is 1.60 bits per heavy atom. The van der Waals surface area contributed by atoms with Crippen molar-refractivity contribution in [2.75, 3.05) is 0 Å². The van der Waals surface area contributed by atoms with E-state index >= 15 is 0 Å². The monoisotopic (exact) mass is 332 g/mol. The maximum atomic E-state index is 13.0. The molecule has 1 nitrogen and oxygen atoms in total. The first-order valence-electron chi connectivity index (χ1n) is 6.02. The lowest BCUT2D eigenvalue weighted by molar-refractivity contribution is 0.175. The van der Waals surface area contributed by atoms with Crippen LogP contribution in [0.2, 0.25) is 15.1 Å². The third kappa shape index (κ3) is 3.86. The summed E-state index contributed by atoms with van der Waals surface area (Å²) in [5.41, 5.74) is 1.38. The second-order valence-corrected chi connectivity index (χ2v) is 5.72. The first kappa shape index (κ1) is 15.6. The molecule has 20 heavy (non-hydrogen) atoms. The van der Waals surface area contributed by atoms with Crippen molar-refractivity contribution in [3.05, 3.63) is 68.4 Å². The van der Waals surface area contributed by atoms with Gasteiger partial charge in [-0.2, -0.15) is 0 Å². The van der Waals surface area contributed by atoms with Gasteiger partial charge in [-0.15, -0.1) is 0 Å². The summed E-state index contributed by atoms with van der Waals surface area (Å²) in [4.78, 5) is 0. The van der Waals surface area contributed by atoms with Crippen molar-refractivity contribution in [1.82, 2.24) is 0 Å². The smallest absolute Gasteiger partial charge is 0.124 e. The summed E-state index contributed by atoms with van der Waals surface area (Å²) in [6.07, 6.45) is -0.0808. The second kappa shape index (κ2) is 6.77. The molecule has 106 valence electrons. The van der Waals surface area contributed by atoms with Crippen LogP contribution in [0.15, 0.2) is 36.4 Å². The van der Waals surface area contributed by atoms with Crippen LogP contribution >= 0.6 is 34.8 Å². The lowest BCUT2D eigenvalue weighted by atomic mass is 10.0. The summed E-state index contributed by atoms with van der Waals surface area (Å²) in [5, 5.41) is 11.5. The predicted molar refractivity (Wildman–Crippen MR) is 81.3 cm³/mol. The van der Waals surface area contributed by atoms with Crippen molar-refractivity contribution >= 4 is 34.8 Å². The highest BCUT2D eigenvalue weighted by atomic mass is 35.5. The molecule has 0 radical (unpaired) electrons. The fourth-order valence-electron chi connectivity index (χ4n) is 1.98. The molecule has 0 saturated heterocycles. The molecule has 0 fully saturated rings. The molecule has 0 heterocycles. The van der Waals surface area contributed by atoms with Crippen molar-refractivity contribution in [3.63, 3.8) is 0 Å². The first-order valence-corrected chi connectivity index (χ1v) is 7.15. The van der Waals surface area contributed by atoms with E-state index in [1.165, 1.54) is 12.1 Å². The standard InChI is InChI=1S/C15H12Cl3FO/c16-13-2-1-3-14(17)12(13)8-11(20)6-9-4-5-10(19)7-15(9)18/h1-5,7,11,20H,6,8H2. The summed E-state index contributed by atoms with van der Waals surface area (Å²) in [6, 6.07) is 9.30. The molecule has 0 amide bonds. The van der Waals surface area contributed by atoms with E-state index in [1.54, 1.807) is 24.3 Å². The van der Waals surface area contributed by atoms with Crippen LogP contribution in [0, 0.1) is 5.82 Å². The number of halogens is 4. The summed E-state index contributed by atoms with van der Waals surface area (Å²) in [5.74, 6) is -0.401. The maximum Gasteiger partial charge on any atom is 0.124 e. The molecule has 1 atom stereocenters. The molecule has 1 unspecified atom stereocenters. The van der Waals surface area contributed by atoms with E-state index < -0.39 is 11.9 Å². The van der Waals surface area contributed by atoms with E-state index in [9.17, 15) is 9.50 Å². The van der Waals surface area contributed by atoms with Crippen molar-refractivity contribution in [2.45, 2.75) is 18.9 Å². The van der Waals surface area contributed by atoms with Crippen molar-refractivity contribution in [2.24, 2.45) is 0 Å². The number of hydrogen-bond donors (Lipinski definition) is 1. The normalized spacial score (nSPS) is 12.4. The Morgan fingerprint density at radius 1 is 0.950 bits per heavy atom. The lowest BCUT2D eigenvalue weighted by Gasteiger charge is -2.14. The van der Waals surface area contributed by atoms with E-state index in [-0.39, 0.29) is 0 Å². The molecule has 5 heteroatoms. The minimum Gasteiger partial charge on any atom is -0.392 e. The van der Waals surface area contributed by atoms with Crippen molar-refractivity contribution in [1.29, 1.82) is 0 Å². The van der Waals surface area contributed by atoms with E-state index in [0.717, 1.165) is 0 Å². The summed E-state index contributed by atoms with van der Waals surface area (Å²) in [7, 11) is 0. The average Bonchev–Trinajstić information content (AvgIpc) is 2.37. The van der Waals surface area contributed by atoms with Crippen LogP contribution in [0.25, 0.3) is 0 Å². The van der Waals surface area contributed by atoms with E-state index in [4.69, 9.17) is 34.8 Å². The van der Waals surface area contributed by atoms with Gasteiger partial charge < -0.3 is 5.11 Å². The fourth-order valence-corrected chi connectivity index (χ4v) is 2.77. The molecular formula is C15H12Cl3FO. The molecule has 0 aliphatic heterocycles. The molecule has 0 spiro atoms. The first-order chi connectivity index (χ1) is 9.47. The summed E-state index contributed by atoms with van der Waals surface area (Å²) in [6.45, 7) is 0. The third-order valence-corrected chi connectivity index (χ3v) is 4.03. The fraction of sp³-hybridized carbons (Fsp3) is 0.200. The molecule has 0 bridgehead atoms. The molecule has 2 aromatic carbocycles. The minimum absolute atomic E-state index is 0.300. The molecule has 1 N–H and O–H groups in total. The van der Waals surface area contributed by atoms with Gasteiger partial charge in [0.2, 0.25) is 0 Å². The van der Waals surface area contributed by atoms with Gasteiger partial charge in [-0.25, -0.2) is 4.39 Å². The number of aliphatic hydroxyl groups excluding tert-OH is 1.